The first kappa shape index (κ1) is 26.1. The lowest BCUT2D eigenvalue weighted by Crippen LogP contribution is -2.46. The second-order valence-electron chi connectivity index (χ2n) is 7.65. The molecule has 1 amide bonds. The Morgan fingerprint density at radius 3 is 2.20 bits per heavy atom. The third-order valence-electron chi connectivity index (χ3n) is 5.00. The normalized spacial score (nSPS) is 12.2. The molecule has 0 aromatic heterocycles. The highest BCUT2D eigenvalue weighted by Crippen LogP contribution is 2.24. The number of benzene rings is 3. The van der Waals surface area contributed by atoms with E-state index >= 15 is 0 Å². The second kappa shape index (κ2) is 11.7. The molecule has 1 N–H and O–H groups in total. The van der Waals surface area contributed by atoms with Gasteiger partial charge in [-0.15, -0.1) is 0 Å². The number of nitrogens with zero attached hydrogens (tertiary/aromatic N) is 2. The number of ether oxygens (including phenoxy) is 2. The van der Waals surface area contributed by atoms with E-state index < -0.39 is 22.0 Å². The van der Waals surface area contributed by atoms with Crippen LogP contribution in [-0.2, 0) is 21.4 Å². The highest BCUT2D eigenvalue weighted by atomic mass is 35.5. The van der Waals surface area contributed by atoms with E-state index in [0.29, 0.717) is 28.8 Å². The number of anilines is 1. The van der Waals surface area contributed by atoms with Crippen molar-refractivity contribution in [3.63, 3.8) is 0 Å². The number of halogens is 1. The van der Waals surface area contributed by atoms with Crippen LogP contribution in [0.3, 0.4) is 0 Å². The van der Waals surface area contributed by atoms with Crippen molar-refractivity contribution < 1.29 is 22.7 Å². The summed E-state index contributed by atoms with van der Waals surface area (Å²) in [6.45, 7) is 1.90. The molecule has 3 rings (SSSR count). The van der Waals surface area contributed by atoms with E-state index in [1.807, 2.05) is 12.1 Å². The van der Waals surface area contributed by atoms with Gasteiger partial charge in [-0.3, -0.25) is 9.10 Å². The van der Waals surface area contributed by atoms with E-state index in [1.54, 1.807) is 60.7 Å². The minimum atomic E-state index is -3.73. The molecule has 0 radical (unpaired) electrons. The van der Waals surface area contributed by atoms with E-state index in [1.165, 1.54) is 20.2 Å². The van der Waals surface area contributed by atoms with Gasteiger partial charge in [0.05, 0.1) is 25.3 Å². The molecule has 0 spiro atoms. The molecule has 0 aliphatic rings. The van der Waals surface area contributed by atoms with Gasteiger partial charge < -0.3 is 9.47 Å². The standard InChI is InChI=1S/C25H26ClN3O5S/c1-18(29(35(3,31)32)22-10-14-23(33-2)15-11-22)25(30)28-27-16-19-6-12-24(13-7-19)34-17-20-4-8-21(26)9-5-20/h4-16,18H,17H2,1-3H3,(H,28,30)/b27-16-/t18-/m1/s1. The molecule has 3 aromatic rings. The van der Waals surface area contributed by atoms with Crippen molar-refractivity contribution in [2.45, 2.75) is 19.6 Å². The lowest BCUT2D eigenvalue weighted by atomic mass is 10.2. The largest absolute Gasteiger partial charge is 0.497 e. The Morgan fingerprint density at radius 2 is 1.63 bits per heavy atom. The molecule has 10 heteroatoms. The quantitative estimate of drug-likeness (QED) is 0.322. The predicted molar refractivity (Wildman–Crippen MR) is 138 cm³/mol. The van der Waals surface area contributed by atoms with E-state index in [2.05, 4.69) is 10.5 Å². The van der Waals surface area contributed by atoms with E-state index in [0.717, 1.165) is 21.7 Å². The fraction of sp³-hybridized carbons (Fsp3) is 0.200. The van der Waals surface area contributed by atoms with Crippen molar-refractivity contribution in [1.82, 2.24) is 5.43 Å². The Hall–Kier alpha value is -3.56. The number of carbonyl (C=O) groups is 1. The molecule has 1 atom stereocenters. The fourth-order valence-electron chi connectivity index (χ4n) is 3.20. The van der Waals surface area contributed by atoms with Crippen LogP contribution in [0.5, 0.6) is 11.5 Å². The maximum absolute atomic E-state index is 12.6. The third-order valence-corrected chi connectivity index (χ3v) is 6.50. The van der Waals surface area contributed by atoms with Crippen LogP contribution in [0.4, 0.5) is 5.69 Å². The number of methoxy groups -OCH3 is 1. The van der Waals surface area contributed by atoms with Crippen molar-refractivity contribution in [2.75, 3.05) is 17.7 Å². The van der Waals surface area contributed by atoms with Gasteiger partial charge in [0.15, 0.2) is 0 Å². The van der Waals surface area contributed by atoms with Crippen molar-refractivity contribution in [3.05, 3.63) is 88.9 Å². The zero-order valence-electron chi connectivity index (χ0n) is 19.5. The summed E-state index contributed by atoms with van der Waals surface area (Å²) < 4.78 is 36.6. The summed E-state index contributed by atoms with van der Waals surface area (Å²) in [5.41, 5.74) is 4.46. The van der Waals surface area contributed by atoms with Crippen LogP contribution < -0.4 is 19.2 Å². The molecule has 0 bridgehead atoms. The molecule has 0 saturated heterocycles. The van der Waals surface area contributed by atoms with Gasteiger partial charge in [-0.05, 0) is 78.7 Å². The fourth-order valence-corrected chi connectivity index (χ4v) is 4.50. The van der Waals surface area contributed by atoms with Crippen LogP contribution in [0.15, 0.2) is 77.9 Å². The SMILES string of the molecule is COc1ccc(N([C@H](C)C(=O)N/N=C\c2ccc(OCc3ccc(Cl)cc3)cc2)S(C)(=O)=O)cc1. The van der Waals surface area contributed by atoms with Crippen molar-refractivity contribution >= 4 is 39.4 Å². The van der Waals surface area contributed by atoms with E-state index in [9.17, 15) is 13.2 Å². The summed E-state index contributed by atoms with van der Waals surface area (Å²) in [5, 5.41) is 4.63. The third kappa shape index (κ3) is 7.46. The minimum absolute atomic E-state index is 0.342. The van der Waals surface area contributed by atoms with Gasteiger partial charge in [0.25, 0.3) is 5.91 Å². The van der Waals surface area contributed by atoms with Gasteiger partial charge in [-0.1, -0.05) is 23.7 Å². The van der Waals surface area contributed by atoms with Gasteiger partial charge in [0.1, 0.15) is 24.1 Å². The number of sulfonamides is 1. The molecular weight excluding hydrogens is 490 g/mol. The summed E-state index contributed by atoms with van der Waals surface area (Å²) in [7, 11) is -2.22. The Morgan fingerprint density at radius 1 is 1.03 bits per heavy atom. The molecule has 0 heterocycles. The molecular formula is C25H26ClN3O5S. The second-order valence-corrected chi connectivity index (χ2v) is 9.95. The first-order valence-electron chi connectivity index (χ1n) is 10.6. The summed E-state index contributed by atoms with van der Waals surface area (Å²) >= 11 is 5.89. The molecule has 35 heavy (non-hydrogen) atoms. The molecule has 0 aliphatic carbocycles. The summed E-state index contributed by atoms with van der Waals surface area (Å²) in [5.74, 6) is 0.675. The molecule has 184 valence electrons. The average molecular weight is 516 g/mol. The zero-order valence-corrected chi connectivity index (χ0v) is 21.1. The van der Waals surface area contributed by atoms with Crippen molar-refractivity contribution in [3.8, 4) is 11.5 Å². The van der Waals surface area contributed by atoms with Crippen LogP contribution in [0, 0.1) is 0 Å². The van der Waals surface area contributed by atoms with Crippen LogP contribution >= 0.6 is 11.6 Å². The predicted octanol–water partition coefficient (Wildman–Crippen LogP) is 4.23. The first-order chi connectivity index (χ1) is 16.7. The Kier molecular flexibility index (Phi) is 8.73. The molecule has 0 fully saturated rings. The van der Waals surface area contributed by atoms with Crippen LogP contribution in [0.1, 0.15) is 18.1 Å². The smallest absolute Gasteiger partial charge is 0.263 e. The number of hydrogen-bond donors (Lipinski definition) is 1. The number of rotatable bonds is 10. The maximum atomic E-state index is 12.6. The zero-order chi connectivity index (χ0) is 25.4. The highest BCUT2D eigenvalue weighted by Gasteiger charge is 2.29. The van der Waals surface area contributed by atoms with E-state index in [4.69, 9.17) is 21.1 Å². The number of nitrogens with one attached hydrogen (secondary N) is 1. The number of hydrogen-bond acceptors (Lipinski definition) is 6. The van der Waals surface area contributed by atoms with E-state index in [-0.39, 0.29) is 0 Å². The summed E-state index contributed by atoms with van der Waals surface area (Å²) in [4.78, 5) is 12.6. The maximum Gasteiger partial charge on any atom is 0.263 e. The average Bonchev–Trinajstić information content (AvgIpc) is 2.84. The van der Waals surface area contributed by atoms with Crippen LogP contribution in [0.2, 0.25) is 5.02 Å². The molecule has 0 aliphatic heterocycles. The lowest BCUT2D eigenvalue weighted by molar-refractivity contribution is -0.121. The Bertz CT molecular complexity index is 1260. The lowest BCUT2D eigenvalue weighted by Gasteiger charge is -2.27. The van der Waals surface area contributed by atoms with Crippen molar-refractivity contribution in [2.24, 2.45) is 5.10 Å². The molecule has 8 nitrogen and oxygen atoms in total. The van der Waals surface area contributed by atoms with Crippen LogP contribution in [-0.4, -0.2) is 39.9 Å². The molecule has 0 unspecified atom stereocenters. The van der Waals surface area contributed by atoms with Crippen molar-refractivity contribution in [1.29, 1.82) is 0 Å². The number of amides is 1. The highest BCUT2D eigenvalue weighted by molar-refractivity contribution is 7.92. The van der Waals surface area contributed by atoms with Gasteiger partial charge in [0, 0.05) is 5.02 Å². The van der Waals surface area contributed by atoms with Gasteiger partial charge in [0.2, 0.25) is 10.0 Å². The Labute approximate surface area is 210 Å². The van der Waals surface area contributed by atoms with Gasteiger partial charge >= 0.3 is 0 Å². The first-order valence-corrected chi connectivity index (χ1v) is 12.8. The van der Waals surface area contributed by atoms with Crippen LogP contribution in [0.25, 0.3) is 0 Å². The minimum Gasteiger partial charge on any atom is -0.497 e. The number of carbonyl (C=O) groups excluding carboxylic acids is 1. The number of hydrazone groups is 1. The Balaban J connectivity index is 1.59. The van der Waals surface area contributed by atoms with Gasteiger partial charge in [-0.2, -0.15) is 5.10 Å². The topological polar surface area (TPSA) is 97.3 Å². The molecule has 0 saturated carbocycles. The summed E-state index contributed by atoms with van der Waals surface area (Å²) in [6, 6.07) is 19.9. The van der Waals surface area contributed by atoms with Gasteiger partial charge in [-0.25, -0.2) is 13.8 Å². The molecule has 3 aromatic carbocycles. The summed E-state index contributed by atoms with van der Waals surface area (Å²) in [6.07, 6.45) is 2.51. The monoisotopic (exact) mass is 515 g/mol.